The third-order valence-electron chi connectivity index (χ3n) is 1.65. The van der Waals surface area contributed by atoms with Gasteiger partial charge in [-0.05, 0) is 0 Å². The number of hydrogen-bond acceptors (Lipinski definition) is 3. The molecule has 14 heavy (non-hydrogen) atoms. The summed E-state index contributed by atoms with van der Waals surface area (Å²) in [5.74, 6) is -1.87. The monoisotopic (exact) mass is 199 g/mol. The van der Waals surface area contributed by atoms with Gasteiger partial charge in [-0.2, -0.15) is 0 Å². The molecule has 1 aromatic heterocycles. The van der Waals surface area contributed by atoms with E-state index in [4.69, 9.17) is 0 Å². The molecule has 0 saturated carbocycles. The molecule has 0 aliphatic carbocycles. The maximum atomic E-state index is 13.0. The van der Waals surface area contributed by atoms with Crippen molar-refractivity contribution in [3.63, 3.8) is 0 Å². The number of halogens is 2. The van der Waals surface area contributed by atoms with Crippen molar-refractivity contribution >= 4 is 11.1 Å². The molecular weight excluding hydrogens is 196 g/mol. The molecule has 0 fully saturated rings. The van der Waals surface area contributed by atoms with Crippen LogP contribution in [0.1, 0.15) is 0 Å². The van der Waals surface area contributed by atoms with Crippen LogP contribution in [0.25, 0.3) is 11.1 Å². The summed E-state index contributed by atoms with van der Waals surface area (Å²) in [5, 5.41) is 0. The predicted molar refractivity (Wildman–Crippen MR) is 43.0 cm³/mol. The Hall–Kier alpha value is -1.98. The van der Waals surface area contributed by atoms with Gasteiger partial charge < -0.3 is 9.40 Å². The first-order valence-electron chi connectivity index (χ1n) is 3.60. The highest BCUT2D eigenvalue weighted by atomic mass is 19.1. The zero-order valence-corrected chi connectivity index (χ0v) is 6.64. The fourth-order valence-corrected chi connectivity index (χ4v) is 1.06. The number of aromatic amines is 1. The Kier molecular flexibility index (Phi) is 1.70. The van der Waals surface area contributed by atoms with E-state index < -0.39 is 22.8 Å². The highest BCUT2D eigenvalue weighted by Gasteiger charge is 2.08. The van der Waals surface area contributed by atoms with E-state index in [9.17, 15) is 18.4 Å². The lowest BCUT2D eigenvalue weighted by molar-refractivity contribution is 0.529. The van der Waals surface area contributed by atoms with Crippen LogP contribution in [0.2, 0.25) is 0 Å². The molecule has 0 aliphatic rings. The van der Waals surface area contributed by atoms with Crippen molar-refractivity contribution in [3.8, 4) is 0 Å². The average Bonchev–Trinajstić information content (AvgIpc) is 2.08. The van der Waals surface area contributed by atoms with Crippen molar-refractivity contribution < 1.29 is 13.2 Å². The fraction of sp³-hybridized carbons (Fsp3) is 0. The zero-order chi connectivity index (χ0) is 10.3. The fourth-order valence-electron chi connectivity index (χ4n) is 1.06. The van der Waals surface area contributed by atoms with E-state index in [1.54, 1.807) is 0 Å². The molecule has 1 N–H and O–H groups in total. The van der Waals surface area contributed by atoms with Crippen LogP contribution in [0.4, 0.5) is 8.78 Å². The molecule has 6 heteroatoms. The van der Waals surface area contributed by atoms with Crippen molar-refractivity contribution in [3.05, 3.63) is 44.5 Å². The quantitative estimate of drug-likeness (QED) is 0.637. The lowest BCUT2D eigenvalue weighted by Crippen LogP contribution is -2.25. The topological polar surface area (TPSA) is 63.1 Å². The van der Waals surface area contributed by atoms with Gasteiger partial charge in [-0.15, -0.1) is 0 Å². The van der Waals surface area contributed by atoms with Crippen molar-refractivity contribution in [2.75, 3.05) is 0 Å². The summed E-state index contributed by atoms with van der Waals surface area (Å²) in [6.45, 7) is 0. The molecule has 0 unspecified atom stereocenters. The van der Waals surface area contributed by atoms with Gasteiger partial charge in [0.2, 0.25) is 0 Å². The van der Waals surface area contributed by atoms with Crippen LogP contribution in [0.5, 0.6) is 0 Å². The first-order valence-corrected chi connectivity index (χ1v) is 3.60. The first-order chi connectivity index (χ1) is 6.58. The van der Waals surface area contributed by atoms with E-state index in [2.05, 4.69) is 4.42 Å². The highest BCUT2D eigenvalue weighted by molar-refractivity contribution is 5.72. The number of aromatic nitrogens is 1. The Morgan fingerprint density at radius 2 is 1.93 bits per heavy atom. The maximum Gasteiger partial charge on any atom is 0.402 e. The van der Waals surface area contributed by atoms with Crippen molar-refractivity contribution in [2.45, 2.75) is 0 Å². The van der Waals surface area contributed by atoms with Gasteiger partial charge >= 0.3 is 11.2 Å². The van der Waals surface area contributed by atoms with Gasteiger partial charge in [-0.3, -0.25) is 4.79 Å². The molecule has 2 rings (SSSR count). The minimum absolute atomic E-state index is 0.323. The molecule has 0 atom stereocenters. The Bertz CT molecular complexity index is 614. The molecule has 2 aromatic rings. The predicted octanol–water partition coefficient (Wildman–Crippen LogP) is 0.760. The second-order valence-electron chi connectivity index (χ2n) is 2.60. The van der Waals surface area contributed by atoms with Crippen LogP contribution >= 0.6 is 0 Å². The number of rotatable bonds is 0. The summed E-state index contributed by atoms with van der Waals surface area (Å²) in [4.78, 5) is 23.4. The van der Waals surface area contributed by atoms with Gasteiger partial charge in [0, 0.05) is 12.1 Å². The third kappa shape index (κ3) is 1.20. The summed E-state index contributed by atoms with van der Waals surface area (Å²) < 4.78 is 30.0. The average molecular weight is 199 g/mol. The standard InChI is InChI=1S/C8H3F2NO3/c9-3-1-4(10)6-5(2-3)14-8(13)7(12)11-6/h1-2H,(H,11,12). The van der Waals surface area contributed by atoms with Crippen LogP contribution in [0.3, 0.4) is 0 Å². The van der Waals surface area contributed by atoms with E-state index in [0.717, 1.165) is 6.07 Å². The van der Waals surface area contributed by atoms with E-state index in [0.29, 0.717) is 6.07 Å². The summed E-state index contributed by atoms with van der Waals surface area (Å²) in [6, 6.07) is 1.40. The van der Waals surface area contributed by atoms with E-state index >= 15 is 0 Å². The molecule has 0 amide bonds. The van der Waals surface area contributed by atoms with E-state index in [1.165, 1.54) is 0 Å². The van der Waals surface area contributed by atoms with Gasteiger partial charge in [0.15, 0.2) is 11.4 Å². The van der Waals surface area contributed by atoms with E-state index in [-0.39, 0.29) is 11.1 Å². The first kappa shape index (κ1) is 8.61. The van der Waals surface area contributed by atoms with E-state index in [1.807, 2.05) is 4.98 Å². The third-order valence-corrected chi connectivity index (χ3v) is 1.65. The van der Waals surface area contributed by atoms with Gasteiger partial charge in [0.25, 0.3) is 0 Å². The maximum absolute atomic E-state index is 13.0. The summed E-state index contributed by atoms with van der Waals surface area (Å²) >= 11 is 0. The molecule has 0 radical (unpaired) electrons. The molecule has 4 nitrogen and oxygen atoms in total. The molecule has 1 aromatic carbocycles. The number of nitrogens with one attached hydrogen (secondary N) is 1. The molecule has 1 heterocycles. The highest BCUT2D eigenvalue weighted by Crippen LogP contribution is 2.14. The lowest BCUT2D eigenvalue weighted by atomic mass is 10.3. The van der Waals surface area contributed by atoms with Crippen molar-refractivity contribution in [2.24, 2.45) is 0 Å². The van der Waals surface area contributed by atoms with Gasteiger partial charge in [-0.1, -0.05) is 0 Å². The van der Waals surface area contributed by atoms with Crippen molar-refractivity contribution in [1.82, 2.24) is 4.98 Å². The number of H-pyrrole nitrogens is 1. The number of hydrogen-bond donors (Lipinski definition) is 1. The Morgan fingerprint density at radius 1 is 1.21 bits per heavy atom. The van der Waals surface area contributed by atoms with Crippen LogP contribution in [-0.2, 0) is 0 Å². The molecule has 0 aliphatic heterocycles. The molecule has 72 valence electrons. The second kappa shape index (κ2) is 2.76. The largest absolute Gasteiger partial charge is 0.417 e. The Balaban J connectivity index is 3.03. The SMILES string of the molecule is O=c1[nH]c2c(F)cc(F)cc2oc1=O. The summed E-state index contributed by atoms with van der Waals surface area (Å²) in [5.41, 5.74) is -2.92. The minimum atomic E-state index is -1.19. The smallest absolute Gasteiger partial charge is 0.402 e. The molecule has 0 spiro atoms. The molecular formula is C8H3F2NO3. The molecule has 0 bridgehead atoms. The Labute approximate surface area is 74.8 Å². The van der Waals surface area contributed by atoms with Gasteiger partial charge in [-0.25, -0.2) is 13.6 Å². The van der Waals surface area contributed by atoms with Gasteiger partial charge in [0.1, 0.15) is 11.3 Å². The van der Waals surface area contributed by atoms with Gasteiger partial charge in [0.05, 0.1) is 0 Å². The summed E-state index contributed by atoms with van der Waals surface area (Å²) in [6.07, 6.45) is 0. The normalized spacial score (nSPS) is 10.7. The number of fused-ring (bicyclic) bond motifs is 1. The minimum Gasteiger partial charge on any atom is -0.417 e. The van der Waals surface area contributed by atoms with Crippen LogP contribution in [0.15, 0.2) is 26.1 Å². The zero-order valence-electron chi connectivity index (χ0n) is 6.64. The molecule has 0 saturated heterocycles. The Morgan fingerprint density at radius 3 is 2.64 bits per heavy atom. The number of benzene rings is 1. The second-order valence-corrected chi connectivity index (χ2v) is 2.60. The van der Waals surface area contributed by atoms with Crippen LogP contribution in [-0.4, -0.2) is 4.98 Å². The van der Waals surface area contributed by atoms with Crippen LogP contribution < -0.4 is 11.2 Å². The lowest BCUT2D eigenvalue weighted by Gasteiger charge is -1.96. The summed E-state index contributed by atoms with van der Waals surface area (Å²) in [7, 11) is 0. The van der Waals surface area contributed by atoms with Crippen LogP contribution in [0, 0.1) is 11.6 Å². The van der Waals surface area contributed by atoms with Crippen molar-refractivity contribution in [1.29, 1.82) is 0 Å².